The lowest BCUT2D eigenvalue weighted by Crippen LogP contribution is -1.97. The molecule has 108 valence electrons. The Morgan fingerprint density at radius 1 is 1.14 bits per heavy atom. The second-order valence-corrected chi connectivity index (χ2v) is 5.87. The van der Waals surface area contributed by atoms with Crippen molar-refractivity contribution in [3.05, 3.63) is 45.8 Å². The molecule has 0 spiro atoms. The van der Waals surface area contributed by atoms with Crippen molar-refractivity contribution in [1.82, 2.24) is 14.4 Å². The van der Waals surface area contributed by atoms with Crippen LogP contribution in [-0.4, -0.2) is 21.5 Å². The van der Waals surface area contributed by atoms with Gasteiger partial charge in [-0.05, 0) is 60.5 Å². The molecule has 1 aromatic carbocycles. The summed E-state index contributed by atoms with van der Waals surface area (Å²) in [5.74, 6) is 1.58. The van der Waals surface area contributed by atoms with Crippen LogP contribution in [0.5, 0.6) is 5.75 Å². The minimum absolute atomic E-state index is 0.721. The average Bonchev–Trinajstić information content (AvgIpc) is 2.88. The summed E-state index contributed by atoms with van der Waals surface area (Å²) in [6.45, 7) is 6.09. The molecule has 21 heavy (non-hydrogen) atoms. The van der Waals surface area contributed by atoms with Crippen LogP contribution in [0.15, 0.2) is 28.9 Å². The Kier molecular flexibility index (Phi) is 3.45. The highest BCUT2D eigenvalue weighted by atomic mass is 79.9. The lowest BCUT2D eigenvalue weighted by Gasteiger charge is -2.05. The molecule has 0 atom stereocenters. The standard InChI is InChI=1S/C16H16BrN3O/c1-9-7-12(21-4)5-6-13(9)14-8-20-11(3)15(17)10(2)18-16(20)19-14/h5-8H,1-4H3. The molecule has 0 saturated heterocycles. The number of halogens is 1. The van der Waals surface area contributed by atoms with E-state index in [1.807, 2.05) is 35.7 Å². The summed E-state index contributed by atoms with van der Waals surface area (Å²) >= 11 is 3.57. The number of rotatable bonds is 2. The first-order valence-electron chi connectivity index (χ1n) is 6.68. The van der Waals surface area contributed by atoms with E-state index in [9.17, 15) is 0 Å². The highest BCUT2D eigenvalue weighted by molar-refractivity contribution is 9.10. The molecule has 2 aromatic heterocycles. The summed E-state index contributed by atoms with van der Waals surface area (Å²) in [6, 6.07) is 6.00. The van der Waals surface area contributed by atoms with Crippen molar-refractivity contribution in [2.45, 2.75) is 20.8 Å². The summed E-state index contributed by atoms with van der Waals surface area (Å²) in [4.78, 5) is 9.18. The fourth-order valence-corrected chi connectivity index (χ4v) is 2.72. The third kappa shape index (κ3) is 2.31. The maximum absolute atomic E-state index is 5.25. The van der Waals surface area contributed by atoms with Crippen LogP contribution in [0.4, 0.5) is 0 Å². The molecular formula is C16H16BrN3O. The molecule has 3 aromatic rings. The highest BCUT2D eigenvalue weighted by Gasteiger charge is 2.12. The number of benzene rings is 1. The third-order valence-corrected chi connectivity index (χ3v) is 4.81. The van der Waals surface area contributed by atoms with E-state index in [0.29, 0.717) is 0 Å². The van der Waals surface area contributed by atoms with Gasteiger partial charge < -0.3 is 4.74 Å². The quantitative estimate of drug-likeness (QED) is 0.702. The normalized spacial score (nSPS) is 11.1. The van der Waals surface area contributed by atoms with Crippen LogP contribution >= 0.6 is 15.9 Å². The zero-order valence-electron chi connectivity index (χ0n) is 12.4. The van der Waals surface area contributed by atoms with E-state index in [-0.39, 0.29) is 0 Å². The van der Waals surface area contributed by atoms with Crippen LogP contribution in [0.3, 0.4) is 0 Å². The van der Waals surface area contributed by atoms with Gasteiger partial charge in [0, 0.05) is 17.5 Å². The van der Waals surface area contributed by atoms with Gasteiger partial charge in [0.2, 0.25) is 5.78 Å². The number of methoxy groups -OCH3 is 1. The number of aryl methyl sites for hydroxylation is 3. The van der Waals surface area contributed by atoms with Crippen molar-refractivity contribution in [3.8, 4) is 17.0 Å². The Morgan fingerprint density at radius 2 is 1.90 bits per heavy atom. The topological polar surface area (TPSA) is 39.4 Å². The van der Waals surface area contributed by atoms with Gasteiger partial charge in [-0.1, -0.05) is 0 Å². The van der Waals surface area contributed by atoms with E-state index < -0.39 is 0 Å². The van der Waals surface area contributed by atoms with Gasteiger partial charge >= 0.3 is 0 Å². The van der Waals surface area contributed by atoms with Gasteiger partial charge in [-0.25, -0.2) is 9.97 Å². The van der Waals surface area contributed by atoms with Gasteiger partial charge in [0.05, 0.1) is 23.0 Å². The number of imidazole rings is 1. The maximum atomic E-state index is 5.25. The molecular weight excluding hydrogens is 330 g/mol. The highest BCUT2D eigenvalue weighted by Crippen LogP contribution is 2.28. The Bertz CT molecular complexity index is 839. The van der Waals surface area contributed by atoms with Crippen molar-refractivity contribution in [2.75, 3.05) is 7.11 Å². The molecule has 4 nitrogen and oxygen atoms in total. The molecule has 0 aliphatic heterocycles. The first-order valence-corrected chi connectivity index (χ1v) is 7.47. The Hall–Kier alpha value is -1.88. The predicted octanol–water partition coefficient (Wildman–Crippen LogP) is 4.09. The number of hydrogen-bond donors (Lipinski definition) is 0. The average molecular weight is 346 g/mol. The number of ether oxygens (including phenoxy) is 1. The minimum atomic E-state index is 0.721. The van der Waals surface area contributed by atoms with Crippen LogP contribution < -0.4 is 4.74 Å². The van der Waals surface area contributed by atoms with Crippen LogP contribution in [0.1, 0.15) is 17.0 Å². The van der Waals surface area contributed by atoms with Crippen LogP contribution in [0.25, 0.3) is 17.0 Å². The molecule has 0 amide bonds. The second kappa shape index (κ2) is 5.15. The Balaban J connectivity index is 2.20. The fraction of sp³-hybridized carbons (Fsp3) is 0.250. The summed E-state index contributed by atoms with van der Waals surface area (Å²) < 4.78 is 8.28. The smallest absolute Gasteiger partial charge is 0.234 e. The second-order valence-electron chi connectivity index (χ2n) is 5.07. The molecule has 0 unspecified atom stereocenters. The first-order chi connectivity index (χ1) is 10.0. The van der Waals surface area contributed by atoms with Crippen LogP contribution in [0.2, 0.25) is 0 Å². The van der Waals surface area contributed by atoms with Gasteiger partial charge in [0.1, 0.15) is 5.75 Å². The molecule has 0 bridgehead atoms. The maximum Gasteiger partial charge on any atom is 0.234 e. The Labute approximate surface area is 131 Å². The van der Waals surface area contributed by atoms with Gasteiger partial charge in [-0.2, -0.15) is 0 Å². The number of hydrogen-bond acceptors (Lipinski definition) is 3. The molecule has 2 heterocycles. The van der Waals surface area contributed by atoms with E-state index in [0.717, 1.165) is 44.2 Å². The fourth-order valence-electron chi connectivity index (χ4n) is 2.44. The number of nitrogens with zero attached hydrogens (tertiary/aromatic N) is 3. The monoisotopic (exact) mass is 345 g/mol. The molecule has 0 aliphatic rings. The molecule has 3 rings (SSSR count). The van der Waals surface area contributed by atoms with E-state index in [1.165, 1.54) is 0 Å². The van der Waals surface area contributed by atoms with E-state index in [1.54, 1.807) is 7.11 Å². The molecule has 0 fully saturated rings. The van der Waals surface area contributed by atoms with Crippen LogP contribution in [-0.2, 0) is 0 Å². The summed E-state index contributed by atoms with van der Waals surface area (Å²) in [7, 11) is 1.67. The number of fused-ring (bicyclic) bond motifs is 1. The largest absolute Gasteiger partial charge is 0.497 e. The van der Waals surface area contributed by atoms with Gasteiger partial charge in [0.15, 0.2) is 0 Å². The molecule has 5 heteroatoms. The molecule has 0 aliphatic carbocycles. The zero-order chi connectivity index (χ0) is 15.1. The van der Waals surface area contributed by atoms with Crippen molar-refractivity contribution in [2.24, 2.45) is 0 Å². The minimum Gasteiger partial charge on any atom is -0.497 e. The van der Waals surface area contributed by atoms with Crippen molar-refractivity contribution >= 4 is 21.7 Å². The van der Waals surface area contributed by atoms with Gasteiger partial charge in [-0.15, -0.1) is 0 Å². The van der Waals surface area contributed by atoms with Crippen molar-refractivity contribution < 1.29 is 4.74 Å². The zero-order valence-corrected chi connectivity index (χ0v) is 14.0. The lowest BCUT2D eigenvalue weighted by atomic mass is 10.1. The lowest BCUT2D eigenvalue weighted by molar-refractivity contribution is 0.414. The summed E-state index contributed by atoms with van der Waals surface area (Å²) in [6.07, 6.45) is 2.02. The molecule has 0 saturated carbocycles. The van der Waals surface area contributed by atoms with Gasteiger partial charge in [0.25, 0.3) is 0 Å². The third-order valence-electron chi connectivity index (χ3n) is 3.66. The predicted molar refractivity (Wildman–Crippen MR) is 86.9 cm³/mol. The Morgan fingerprint density at radius 3 is 2.57 bits per heavy atom. The SMILES string of the molecule is COc1ccc(-c2cn3c(C)c(Br)c(C)nc3n2)c(C)c1. The molecule has 0 radical (unpaired) electrons. The van der Waals surface area contributed by atoms with E-state index in [4.69, 9.17) is 4.74 Å². The van der Waals surface area contributed by atoms with Crippen LogP contribution in [0, 0.1) is 20.8 Å². The van der Waals surface area contributed by atoms with Crippen molar-refractivity contribution in [1.29, 1.82) is 0 Å². The summed E-state index contributed by atoms with van der Waals surface area (Å²) in [5, 5.41) is 0. The first kappa shape index (κ1) is 14.1. The number of aromatic nitrogens is 3. The van der Waals surface area contributed by atoms with E-state index in [2.05, 4.69) is 39.7 Å². The van der Waals surface area contributed by atoms with E-state index >= 15 is 0 Å². The summed E-state index contributed by atoms with van der Waals surface area (Å²) in [5.41, 5.74) is 5.19. The molecule has 0 N–H and O–H groups in total. The van der Waals surface area contributed by atoms with Crippen molar-refractivity contribution in [3.63, 3.8) is 0 Å². The van der Waals surface area contributed by atoms with Gasteiger partial charge in [-0.3, -0.25) is 4.40 Å².